The number of ether oxygens (including phenoxy) is 2. The number of carbonyl (C=O) groups is 2. The van der Waals surface area contributed by atoms with Crippen molar-refractivity contribution in [2.24, 2.45) is 0 Å². The van der Waals surface area contributed by atoms with Crippen molar-refractivity contribution in [2.45, 2.75) is 83.3 Å². The van der Waals surface area contributed by atoms with E-state index in [1.807, 2.05) is 0 Å². The van der Waals surface area contributed by atoms with E-state index in [-0.39, 0.29) is 6.42 Å². The number of rotatable bonds is 16. The number of esters is 2. The van der Waals surface area contributed by atoms with Gasteiger partial charge in [0.05, 0.1) is 6.61 Å². The molecule has 1 rings (SSSR count). The lowest BCUT2D eigenvalue weighted by Crippen LogP contribution is -2.33. The highest BCUT2D eigenvalue weighted by atomic mass is 16.6. The molecule has 0 fully saturated rings. The van der Waals surface area contributed by atoms with E-state index in [0.29, 0.717) is 6.42 Å². The molecule has 7 nitrogen and oxygen atoms in total. The van der Waals surface area contributed by atoms with E-state index in [0.717, 1.165) is 32.1 Å². The van der Waals surface area contributed by atoms with Crippen LogP contribution in [-0.4, -0.2) is 46.1 Å². The lowest BCUT2D eigenvalue weighted by molar-refractivity contribution is -0.151. The summed E-state index contributed by atoms with van der Waals surface area (Å²) in [6.45, 7) is 1.50. The van der Waals surface area contributed by atoms with Crippen LogP contribution in [0.5, 0.6) is 0 Å². The van der Waals surface area contributed by atoms with E-state index in [4.69, 9.17) is 14.6 Å². The molecule has 3 N–H and O–H groups in total. The number of carbonyl (C=O) groups excluding carboxylic acids is 2. The van der Waals surface area contributed by atoms with E-state index in [2.05, 4.69) is 43.4 Å². The third-order valence-electron chi connectivity index (χ3n) is 4.70. The van der Waals surface area contributed by atoms with Crippen LogP contribution in [0, 0.1) is 0 Å². The van der Waals surface area contributed by atoms with Crippen molar-refractivity contribution in [1.29, 1.82) is 0 Å². The van der Waals surface area contributed by atoms with Gasteiger partial charge in [-0.3, -0.25) is 4.79 Å². The summed E-state index contributed by atoms with van der Waals surface area (Å²) in [7, 11) is 0. The monoisotopic (exact) mass is 436 g/mol. The topological polar surface area (TPSA) is 113 Å². The van der Waals surface area contributed by atoms with E-state index in [1.165, 1.54) is 19.3 Å². The first-order valence-corrected chi connectivity index (χ1v) is 11.1. The van der Waals surface area contributed by atoms with Gasteiger partial charge in [-0.2, -0.15) is 0 Å². The zero-order chi connectivity index (χ0) is 22.9. The van der Waals surface area contributed by atoms with Crippen molar-refractivity contribution in [3.05, 3.63) is 48.0 Å². The van der Waals surface area contributed by atoms with Gasteiger partial charge < -0.3 is 24.8 Å². The Bertz CT molecular complexity index is 661. The number of hydrogen-bond acceptors (Lipinski definition) is 7. The molecule has 0 saturated heterocycles. The quantitative estimate of drug-likeness (QED) is 0.189. The molecule has 0 aromatic heterocycles. The summed E-state index contributed by atoms with van der Waals surface area (Å²) in [5.41, 5.74) is 0. The highest BCUT2D eigenvalue weighted by Gasteiger charge is 2.41. The average Bonchev–Trinajstić information content (AvgIpc) is 3.04. The summed E-state index contributed by atoms with van der Waals surface area (Å²) in [5.74, 6) is -3.03. The Morgan fingerprint density at radius 1 is 1.03 bits per heavy atom. The summed E-state index contributed by atoms with van der Waals surface area (Å²) >= 11 is 0. The lowest BCUT2D eigenvalue weighted by Gasteiger charge is -2.17. The number of hydrogen-bond donors (Lipinski definition) is 3. The van der Waals surface area contributed by atoms with Gasteiger partial charge in [-0.15, -0.1) is 0 Å². The van der Waals surface area contributed by atoms with Gasteiger partial charge in [-0.05, 0) is 44.9 Å². The van der Waals surface area contributed by atoms with Crippen LogP contribution in [0.25, 0.3) is 0 Å². The van der Waals surface area contributed by atoms with Crippen molar-refractivity contribution >= 4 is 11.9 Å². The van der Waals surface area contributed by atoms with Crippen molar-refractivity contribution in [3.63, 3.8) is 0 Å². The maximum atomic E-state index is 11.9. The highest BCUT2D eigenvalue weighted by Crippen LogP contribution is 2.25. The van der Waals surface area contributed by atoms with Gasteiger partial charge in [-0.25, -0.2) is 4.79 Å². The summed E-state index contributed by atoms with van der Waals surface area (Å²) in [5, 5.41) is 28.2. The normalized spacial score (nSPS) is 17.9. The van der Waals surface area contributed by atoms with Crippen LogP contribution < -0.4 is 0 Å². The van der Waals surface area contributed by atoms with Gasteiger partial charge in [0, 0.05) is 6.42 Å². The average molecular weight is 437 g/mol. The first-order chi connectivity index (χ1) is 15.0. The Kier molecular flexibility index (Phi) is 14.0. The minimum atomic E-state index is -1.47. The molecule has 1 aliphatic heterocycles. The maximum Gasteiger partial charge on any atom is 0.378 e. The molecular weight excluding hydrogens is 400 g/mol. The Hall–Kier alpha value is -2.38. The molecule has 174 valence electrons. The van der Waals surface area contributed by atoms with Gasteiger partial charge in [-0.1, -0.05) is 56.2 Å². The molecule has 0 saturated carbocycles. The first kappa shape index (κ1) is 26.7. The Morgan fingerprint density at radius 2 is 1.61 bits per heavy atom. The van der Waals surface area contributed by atoms with Crippen molar-refractivity contribution < 1.29 is 34.4 Å². The van der Waals surface area contributed by atoms with E-state index in [1.54, 1.807) is 0 Å². The fourth-order valence-electron chi connectivity index (χ4n) is 2.91. The van der Waals surface area contributed by atoms with Crippen LogP contribution in [0.4, 0.5) is 0 Å². The maximum absolute atomic E-state index is 11.9. The second-order valence-corrected chi connectivity index (χ2v) is 7.39. The van der Waals surface area contributed by atoms with Crippen LogP contribution in [0.15, 0.2) is 48.0 Å². The van der Waals surface area contributed by atoms with Gasteiger partial charge in [0.2, 0.25) is 11.5 Å². The zero-order valence-electron chi connectivity index (χ0n) is 18.4. The smallest absolute Gasteiger partial charge is 0.378 e. The molecule has 2 atom stereocenters. The Labute approximate surface area is 184 Å². The molecule has 0 bridgehead atoms. The number of allylic oxidation sites excluding steroid dienone is 6. The highest BCUT2D eigenvalue weighted by molar-refractivity contribution is 5.90. The molecule has 1 aliphatic rings. The SMILES string of the molecule is CCCCC/C=C\C/C=C\C/C=C\CCCCC(=O)OC1=C(O)C(=O)O[C@@H]1[C@@H](O)CO. The van der Waals surface area contributed by atoms with Crippen molar-refractivity contribution in [3.8, 4) is 0 Å². The third kappa shape index (κ3) is 11.0. The number of aliphatic hydroxyl groups excluding tert-OH is 3. The molecule has 0 spiro atoms. The molecule has 0 unspecified atom stereocenters. The van der Waals surface area contributed by atoms with Gasteiger partial charge in [0.15, 0.2) is 6.10 Å². The molecule has 0 aromatic rings. The summed E-state index contributed by atoms with van der Waals surface area (Å²) in [6, 6.07) is 0. The molecule has 7 heteroatoms. The molecule has 31 heavy (non-hydrogen) atoms. The van der Waals surface area contributed by atoms with Crippen LogP contribution in [0.1, 0.15) is 71.1 Å². The van der Waals surface area contributed by atoms with Crippen LogP contribution in [0.2, 0.25) is 0 Å². The first-order valence-electron chi connectivity index (χ1n) is 11.1. The minimum absolute atomic E-state index is 0.102. The molecule has 0 amide bonds. The summed E-state index contributed by atoms with van der Waals surface area (Å²) in [6.07, 6.45) is 19.1. The van der Waals surface area contributed by atoms with Gasteiger partial charge in [0.25, 0.3) is 0 Å². The van der Waals surface area contributed by atoms with E-state index < -0.39 is 42.3 Å². The van der Waals surface area contributed by atoms with E-state index >= 15 is 0 Å². The molecule has 1 heterocycles. The van der Waals surface area contributed by atoms with Crippen molar-refractivity contribution in [2.75, 3.05) is 6.61 Å². The van der Waals surface area contributed by atoms with Gasteiger partial charge >= 0.3 is 11.9 Å². The van der Waals surface area contributed by atoms with Crippen molar-refractivity contribution in [1.82, 2.24) is 0 Å². The standard InChI is InChI=1S/C24H36O7/c1-2-3-4-5-6-7-8-9-10-11-12-13-14-15-16-17-20(27)30-23-21(28)24(29)31-22(23)19(26)18-25/h6-7,9-10,12-13,19,22,25-26,28H,2-5,8,11,14-18H2,1H3/b7-6-,10-9-,13-12-/t19-,22+/m0/s1. The largest absolute Gasteiger partial charge is 0.499 e. The number of cyclic esters (lactones) is 1. The fourth-order valence-corrected chi connectivity index (χ4v) is 2.91. The van der Waals surface area contributed by atoms with Crippen LogP contribution in [0.3, 0.4) is 0 Å². The summed E-state index contributed by atoms with van der Waals surface area (Å²) in [4.78, 5) is 23.3. The van der Waals surface area contributed by atoms with Crippen LogP contribution in [-0.2, 0) is 19.1 Å². The molecule has 0 aromatic carbocycles. The minimum Gasteiger partial charge on any atom is -0.499 e. The number of aliphatic hydroxyl groups is 3. The lowest BCUT2D eigenvalue weighted by atomic mass is 10.1. The predicted molar refractivity (Wildman–Crippen MR) is 118 cm³/mol. The zero-order valence-corrected chi connectivity index (χ0v) is 18.4. The van der Waals surface area contributed by atoms with E-state index in [9.17, 15) is 19.8 Å². The van der Waals surface area contributed by atoms with Crippen LogP contribution >= 0.6 is 0 Å². The second-order valence-electron chi connectivity index (χ2n) is 7.39. The second kappa shape index (κ2) is 16.3. The fraction of sp³-hybridized carbons (Fsp3) is 0.583. The summed E-state index contributed by atoms with van der Waals surface area (Å²) < 4.78 is 9.69. The molecule has 0 aliphatic carbocycles. The Morgan fingerprint density at radius 3 is 2.19 bits per heavy atom. The molecule has 0 radical (unpaired) electrons. The molecular formula is C24H36O7. The van der Waals surface area contributed by atoms with Gasteiger partial charge in [0.1, 0.15) is 6.10 Å². The number of unbranched alkanes of at least 4 members (excludes halogenated alkanes) is 5. The Balaban J connectivity index is 2.15. The third-order valence-corrected chi connectivity index (χ3v) is 4.70. The predicted octanol–water partition coefficient (Wildman–Crippen LogP) is 4.17.